The van der Waals surface area contributed by atoms with Crippen LogP contribution in [0.1, 0.15) is 52.6 Å². The minimum atomic E-state index is -3.66. The molecule has 2 aromatic carbocycles. The van der Waals surface area contributed by atoms with E-state index in [1.54, 1.807) is 23.7 Å². The number of benzene rings is 2. The molecule has 2 saturated heterocycles. The van der Waals surface area contributed by atoms with Crippen molar-refractivity contribution in [3.63, 3.8) is 0 Å². The second-order valence-corrected chi connectivity index (χ2v) is 10.5. The number of nitrogens with one attached hydrogen (secondary N) is 1. The number of rotatable bonds is 5. The van der Waals surface area contributed by atoms with Crippen LogP contribution in [0, 0.1) is 0 Å². The van der Waals surface area contributed by atoms with Gasteiger partial charge in [-0.1, -0.05) is 38.1 Å². The Bertz CT molecular complexity index is 1130. The van der Waals surface area contributed by atoms with E-state index in [1.165, 1.54) is 23.3 Å². The van der Waals surface area contributed by atoms with Gasteiger partial charge in [-0.15, -0.1) is 11.3 Å². The van der Waals surface area contributed by atoms with Crippen LogP contribution in [0.15, 0.2) is 52.9 Å². The summed E-state index contributed by atoms with van der Waals surface area (Å²) in [6.07, 6.45) is 6.10. The van der Waals surface area contributed by atoms with Crippen molar-refractivity contribution in [3.8, 4) is 0 Å². The second kappa shape index (κ2) is 10.3. The number of likely N-dealkylation sites (tertiary alicyclic amines) is 1. The molecular formula is C24H33N3O3S2. The van der Waals surface area contributed by atoms with Crippen LogP contribution in [-0.2, 0) is 14.8 Å². The predicted octanol–water partition coefficient (Wildman–Crippen LogP) is 5.69. The highest BCUT2D eigenvalue weighted by Crippen LogP contribution is 2.39. The normalized spacial score (nSPS) is 20.1. The second-order valence-electron chi connectivity index (χ2n) is 7.91. The molecule has 2 aliphatic heterocycles. The standard InChI is InChI=1S/C22H25N3O3S2.C2H6.H2/c26-30(27,24-22-23-10-14-29-22)18-6-7-19-16(15-18)3-1-4-20(19)21-5-2-11-25(21)17-8-12-28-13-9-17;1-2;/h1,3-4,6-7,10,14-15,17,21H,2,5,8-9,11-13H2,(H,23,24);1-2H3;1H/t21-;;/m1../s1. The van der Waals surface area contributed by atoms with Crippen molar-refractivity contribution in [2.24, 2.45) is 0 Å². The molecule has 174 valence electrons. The summed E-state index contributed by atoms with van der Waals surface area (Å²) in [5.74, 6) is 0. The molecule has 1 aromatic heterocycles. The SMILES string of the molecule is CC.O=S(=O)(Nc1nccs1)c1ccc2c([C@H]3CCCN3C3CCOCC3)cccc2c1.[HH]. The Kier molecular flexibility index (Phi) is 7.45. The van der Waals surface area contributed by atoms with E-state index in [0.717, 1.165) is 49.8 Å². The highest BCUT2D eigenvalue weighted by Gasteiger charge is 2.33. The number of nitrogens with zero attached hydrogens (tertiary/aromatic N) is 2. The molecule has 0 aliphatic carbocycles. The quantitative estimate of drug-likeness (QED) is 0.514. The molecule has 3 heterocycles. The molecule has 1 atom stereocenters. The zero-order chi connectivity index (χ0) is 22.6. The minimum absolute atomic E-state index is 0. The van der Waals surface area contributed by atoms with Gasteiger partial charge in [0.05, 0.1) is 4.90 Å². The molecule has 0 radical (unpaired) electrons. The van der Waals surface area contributed by atoms with Crippen LogP contribution in [-0.4, -0.2) is 44.1 Å². The van der Waals surface area contributed by atoms with E-state index in [-0.39, 0.29) is 6.32 Å². The first-order chi connectivity index (χ1) is 15.6. The number of anilines is 1. The van der Waals surface area contributed by atoms with Crippen LogP contribution in [0.4, 0.5) is 5.13 Å². The van der Waals surface area contributed by atoms with Gasteiger partial charge in [0, 0.05) is 38.3 Å². The van der Waals surface area contributed by atoms with Crippen LogP contribution in [0.2, 0.25) is 0 Å². The van der Waals surface area contributed by atoms with Gasteiger partial charge >= 0.3 is 0 Å². The molecule has 2 aliphatic rings. The monoisotopic (exact) mass is 475 g/mol. The van der Waals surface area contributed by atoms with Gasteiger partial charge in [0.1, 0.15) is 0 Å². The van der Waals surface area contributed by atoms with Gasteiger partial charge in [0.25, 0.3) is 10.0 Å². The van der Waals surface area contributed by atoms with E-state index in [0.29, 0.717) is 17.2 Å². The molecule has 2 fully saturated rings. The lowest BCUT2D eigenvalue weighted by Gasteiger charge is -2.36. The van der Waals surface area contributed by atoms with Crippen LogP contribution < -0.4 is 4.72 Å². The molecule has 0 bridgehead atoms. The van der Waals surface area contributed by atoms with Crippen LogP contribution in [0.3, 0.4) is 0 Å². The molecule has 0 unspecified atom stereocenters. The van der Waals surface area contributed by atoms with Gasteiger partial charge in [-0.25, -0.2) is 13.4 Å². The van der Waals surface area contributed by atoms with Crippen molar-refractivity contribution >= 4 is 37.3 Å². The molecule has 0 spiro atoms. The number of sulfonamides is 1. The summed E-state index contributed by atoms with van der Waals surface area (Å²) in [5.41, 5.74) is 1.30. The highest BCUT2D eigenvalue weighted by atomic mass is 32.2. The maximum absolute atomic E-state index is 12.8. The highest BCUT2D eigenvalue weighted by molar-refractivity contribution is 7.93. The predicted molar refractivity (Wildman–Crippen MR) is 133 cm³/mol. The van der Waals surface area contributed by atoms with Crippen LogP contribution in [0.25, 0.3) is 10.8 Å². The fraction of sp³-hybridized carbons (Fsp3) is 0.458. The van der Waals surface area contributed by atoms with Crippen molar-refractivity contribution in [1.82, 2.24) is 9.88 Å². The summed E-state index contributed by atoms with van der Waals surface area (Å²) >= 11 is 1.27. The van der Waals surface area contributed by atoms with Gasteiger partial charge in [-0.05, 0) is 60.7 Å². The lowest BCUT2D eigenvalue weighted by atomic mass is 9.95. The third-order valence-corrected chi connectivity index (χ3v) is 8.32. The van der Waals surface area contributed by atoms with Gasteiger partial charge in [0.2, 0.25) is 0 Å². The molecule has 8 heteroatoms. The molecule has 32 heavy (non-hydrogen) atoms. The summed E-state index contributed by atoms with van der Waals surface area (Å²) in [5, 5.41) is 4.21. The Hall–Kier alpha value is -2.00. The van der Waals surface area contributed by atoms with Crippen molar-refractivity contribution in [1.29, 1.82) is 0 Å². The maximum atomic E-state index is 12.8. The Labute approximate surface area is 196 Å². The number of hydrogen-bond acceptors (Lipinski definition) is 6. The van der Waals surface area contributed by atoms with Crippen LogP contribution >= 0.6 is 11.3 Å². The fourth-order valence-corrected chi connectivity index (χ4v) is 6.59. The zero-order valence-electron chi connectivity index (χ0n) is 18.7. The maximum Gasteiger partial charge on any atom is 0.263 e. The topological polar surface area (TPSA) is 71.5 Å². The Morgan fingerprint density at radius 2 is 1.97 bits per heavy atom. The third kappa shape index (κ3) is 4.83. The Morgan fingerprint density at radius 1 is 1.16 bits per heavy atom. The third-order valence-electron chi connectivity index (χ3n) is 6.16. The first-order valence-corrected chi connectivity index (χ1v) is 13.8. The Morgan fingerprint density at radius 3 is 2.72 bits per heavy atom. The number of fused-ring (bicyclic) bond motifs is 1. The van der Waals surface area contributed by atoms with E-state index in [4.69, 9.17) is 4.74 Å². The zero-order valence-corrected chi connectivity index (χ0v) is 20.3. The summed E-state index contributed by atoms with van der Waals surface area (Å²) in [6, 6.07) is 12.6. The van der Waals surface area contributed by atoms with E-state index in [2.05, 4.69) is 20.7 Å². The molecule has 0 amide bonds. The van der Waals surface area contributed by atoms with Crippen molar-refractivity contribution in [3.05, 3.63) is 53.5 Å². The smallest absolute Gasteiger partial charge is 0.263 e. The number of hydrogen-bond donors (Lipinski definition) is 1. The summed E-state index contributed by atoms with van der Waals surface area (Å²) in [7, 11) is -3.66. The van der Waals surface area contributed by atoms with Gasteiger partial charge in [0.15, 0.2) is 5.13 Å². The van der Waals surface area contributed by atoms with Gasteiger partial charge in [-0.2, -0.15) is 0 Å². The van der Waals surface area contributed by atoms with Crippen molar-refractivity contribution in [2.45, 2.75) is 56.5 Å². The van der Waals surface area contributed by atoms with Gasteiger partial charge < -0.3 is 4.74 Å². The number of ether oxygens (including phenoxy) is 1. The largest absolute Gasteiger partial charge is 0.381 e. The minimum Gasteiger partial charge on any atom is -0.381 e. The average molecular weight is 476 g/mol. The lowest BCUT2D eigenvalue weighted by Crippen LogP contribution is -2.39. The van der Waals surface area contributed by atoms with Crippen molar-refractivity contribution < 1.29 is 14.6 Å². The number of aromatic nitrogens is 1. The van der Waals surface area contributed by atoms with E-state index in [1.807, 2.05) is 32.0 Å². The summed E-state index contributed by atoms with van der Waals surface area (Å²) in [6.45, 7) is 6.81. The van der Waals surface area contributed by atoms with Crippen LogP contribution in [0.5, 0.6) is 0 Å². The average Bonchev–Trinajstić information content (AvgIpc) is 3.52. The molecule has 3 aromatic rings. The fourth-order valence-electron chi connectivity index (χ4n) is 4.77. The van der Waals surface area contributed by atoms with E-state index in [9.17, 15) is 8.42 Å². The van der Waals surface area contributed by atoms with E-state index >= 15 is 0 Å². The molecule has 6 nitrogen and oxygen atoms in total. The first kappa shape index (κ1) is 23.2. The van der Waals surface area contributed by atoms with E-state index < -0.39 is 10.0 Å². The van der Waals surface area contributed by atoms with Crippen molar-refractivity contribution in [2.75, 3.05) is 24.5 Å². The molecular weight excluding hydrogens is 442 g/mol. The first-order valence-electron chi connectivity index (χ1n) is 11.4. The lowest BCUT2D eigenvalue weighted by molar-refractivity contribution is 0.0293. The summed E-state index contributed by atoms with van der Waals surface area (Å²) < 4.78 is 33.7. The molecule has 0 saturated carbocycles. The summed E-state index contributed by atoms with van der Waals surface area (Å²) in [4.78, 5) is 6.93. The Balaban J connectivity index is 0.000000994. The van der Waals surface area contributed by atoms with Gasteiger partial charge in [-0.3, -0.25) is 9.62 Å². The number of thiazole rings is 1. The molecule has 1 N–H and O–H groups in total. The molecule has 5 rings (SSSR count).